The molecule has 0 amide bonds. The van der Waals surface area contributed by atoms with Gasteiger partial charge >= 0.3 is 5.69 Å². The zero-order chi connectivity index (χ0) is 22.5. The average molecular weight is 427 g/mol. The second-order valence-corrected chi connectivity index (χ2v) is 6.95. The normalized spacial score (nSPS) is 10.9. The number of H-pyrrole nitrogens is 1. The number of methoxy groups -OCH3 is 2. The molecule has 4 aromatic rings. The molecule has 0 aliphatic heterocycles. The second kappa shape index (κ2) is 9.18. The van der Waals surface area contributed by atoms with Gasteiger partial charge in [0, 0.05) is 29.7 Å². The van der Waals surface area contributed by atoms with Gasteiger partial charge in [0.1, 0.15) is 0 Å². The SMILES string of the molecule is COc1ccc(/C=C/C(=O)c2cccc(-n3cc(-c4cccnc4)[nH]c3=O)c2)cc1OC. The fraction of sp³-hybridized carbons (Fsp3) is 0.0800. The van der Waals surface area contributed by atoms with E-state index in [1.807, 2.05) is 12.1 Å². The van der Waals surface area contributed by atoms with Crippen LogP contribution in [0.4, 0.5) is 0 Å². The average Bonchev–Trinajstić information content (AvgIpc) is 3.24. The van der Waals surface area contributed by atoms with E-state index in [-0.39, 0.29) is 11.5 Å². The van der Waals surface area contributed by atoms with Crippen molar-refractivity contribution >= 4 is 11.9 Å². The maximum Gasteiger partial charge on any atom is 0.330 e. The second-order valence-electron chi connectivity index (χ2n) is 6.95. The molecule has 32 heavy (non-hydrogen) atoms. The van der Waals surface area contributed by atoms with E-state index in [1.54, 1.807) is 81.4 Å². The fourth-order valence-corrected chi connectivity index (χ4v) is 3.29. The Bertz CT molecular complexity index is 1340. The smallest absolute Gasteiger partial charge is 0.330 e. The summed E-state index contributed by atoms with van der Waals surface area (Å²) in [7, 11) is 3.13. The van der Waals surface area contributed by atoms with Gasteiger partial charge in [0.05, 0.1) is 25.6 Å². The first-order chi connectivity index (χ1) is 15.6. The predicted octanol–water partition coefficient (Wildman–Crippen LogP) is 4.14. The summed E-state index contributed by atoms with van der Waals surface area (Å²) in [4.78, 5) is 32.1. The van der Waals surface area contributed by atoms with Gasteiger partial charge in [0.25, 0.3) is 0 Å². The number of hydrogen-bond donors (Lipinski definition) is 1. The number of benzene rings is 2. The Morgan fingerprint density at radius 2 is 1.88 bits per heavy atom. The first kappa shape index (κ1) is 20.9. The zero-order valence-electron chi connectivity index (χ0n) is 17.6. The van der Waals surface area contributed by atoms with Crippen LogP contribution in [0, 0.1) is 0 Å². The molecule has 0 unspecified atom stereocenters. The Morgan fingerprint density at radius 1 is 1.03 bits per heavy atom. The highest BCUT2D eigenvalue weighted by Gasteiger charge is 2.10. The lowest BCUT2D eigenvalue weighted by Gasteiger charge is -2.07. The van der Waals surface area contributed by atoms with Crippen molar-refractivity contribution in [3.05, 3.63) is 101 Å². The van der Waals surface area contributed by atoms with Crippen molar-refractivity contribution in [1.82, 2.24) is 14.5 Å². The minimum absolute atomic E-state index is 0.183. The van der Waals surface area contributed by atoms with Gasteiger partial charge in [-0.1, -0.05) is 24.3 Å². The van der Waals surface area contributed by atoms with Crippen LogP contribution in [0.1, 0.15) is 15.9 Å². The molecular weight excluding hydrogens is 406 g/mol. The summed E-state index contributed by atoms with van der Waals surface area (Å²) in [6.45, 7) is 0. The number of nitrogens with zero attached hydrogens (tertiary/aromatic N) is 2. The summed E-state index contributed by atoms with van der Waals surface area (Å²) < 4.78 is 12.0. The molecule has 1 N–H and O–H groups in total. The van der Waals surface area contributed by atoms with Crippen LogP contribution in [0.3, 0.4) is 0 Å². The summed E-state index contributed by atoms with van der Waals surface area (Å²) in [6.07, 6.45) is 8.24. The van der Waals surface area contributed by atoms with Crippen molar-refractivity contribution in [2.75, 3.05) is 14.2 Å². The van der Waals surface area contributed by atoms with Gasteiger partial charge in [-0.15, -0.1) is 0 Å². The van der Waals surface area contributed by atoms with Gasteiger partial charge in [-0.25, -0.2) is 4.79 Å². The van der Waals surface area contributed by atoms with Gasteiger partial charge < -0.3 is 14.5 Å². The quantitative estimate of drug-likeness (QED) is 0.354. The Labute approximate surface area is 184 Å². The molecule has 0 aliphatic rings. The Hall–Kier alpha value is -4.39. The standard InChI is InChI=1S/C25H21N3O4/c1-31-23-11-9-17(13-24(23)32-2)8-10-22(29)18-5-3-7-20(14-18)28-16-21(27-25(28)30)19-6-4-12-26-15-19/h3-16H,1-2H3,(H,27,30)/b10-8+. The number of aromatic amines is 1. The van der Waals surface area contributed by atoms with Gasteiger partial charge in [-0.2, -0.15) is 0 Å². The zero-order valence-corrected chi connectivity index (χ0v) is 17.6. The summed E-state index contributed by atoms with van der Waals surface area (Å²) in [5, 5.41) is 0. The van der Waals surface area contributed by atoms with Gasteiger partial charge in [-0.05, 0) is 48.0 Å². The topological polar surface area (TPSA) is 86.2 Å². The van der Waals surface area contributed by atoms with E-state index < -0.39 is 0 Å². The molecule has 4 rings (SSSR count). The van der Waals surface area contributed by atoms with Crippen LogP contribution in [-0.2, 0) is 0 Å². The van der Waals surface area contributed by atoms with Crippen LogP contribution in [0.5, 0.6) is 11.5 Å². The van der Waals surface area contributed by atoms with Crippen molar-refractivity contribution in [3.63, 3.8) is 0 Å². The third-order valence-corrected chi connectivity index (χ3v) is 4.93. The summed E-state index contributed by atoms with van der Waals surface area (Å²) >= 11 is 0. The van der Waals surface area contributed by atoms with Crippen LogP contribution >= 0.6 is 0 Å². The number of ketones is 1. The molecule has 0 spiro atoms. The Balaban J connectivity index is 1.58. The minimum atomic E-state index is -0.297. The Kier molecular flexibility index (Phi) is 5.98. The lowest BCUT2D eigenvalue weighted by atomic mass is 10.1. The molecule has 0 bridgehead atoms. The van der Waals surface area contributed by atoms with Crippen LogP contribution in [0.25, 0.3) is 23.0 Å². The lowest BCUT2D eigenvalue weighted by molar-refractivity contribution is 0.104. The monoisotopic (exact) mass is 427 g/mol. The molecule has 2 aromatic heterocycles. The van der Waals surface area contributed by atoms with Crippen molar-refractivity contribution in [1.29, 1.82) is 0 Å². The molecule has 7 heteroatoms. The van der Waals surface area contributed by atoms with Crippen LogP contribution in [0.15, 0.2) is 84.1 Å². The number of hydrogen-bond acceptors (Lipinski definition) is 5. The van der Waals surface area contributed by atoms with E-state index in [0.29, 0.717) is 28.4 Å². The molecule has 0 aliphatic carbocycles. The molecular formula is C25H21N3O4. The Morgan fingerprint density at radius 3 is 2.62 bits per heavy atom. The van der Waals surface area contributed by atoms with Crippen LogP contribution < -0.4 is 15.2 Å². The minimum Gasteiger partial charge on any atom is -0.493 e. The van der Waals surface area contributed by atoms with Crippen molar-refractivity contribution in [2.24, 2.45) is 0 Å². The van der Waals surface area contributed by atoms with Crippen molar-refractivity contribution in [2.45, 2.75) is 0 Å². The van der Waals surface area contributed by atoms with E-state index in [9.17, 15) is 9.59 Å². The number of rotatable bonds is 7. The first-order valence-electron chi connectivity index (χ1n) is 9.86. The number of pyridine rings is 1. The van der Waals surface area contributed by atoms with Crippen molar-refractivity contribution < 1.29 is 14.3 Å². The van der Waals surface area contributed by atoms with Gasteiger partial charge in [0.2, 0.25) is 0 Å². The van der Waals surface area contributed by atoms with E-state index in [4.69, 9.17) is 9.47 Å². The first-order valence-corrected chi connectivity index (χ1v) is 9.86. The molecule has 160 valence electrons. The van der Waals surface area contributed by atoms with Gasteiger partial charge in [0.15, 0.2) is 17.3 Å². The molecule has 0 atom stereocenters. The molecule has 2 aromatic carbocycles. The highest BCUT2D eigenvalue weighted by molar-refractivity contribution is 6.07. The third-order valence-electron chi connectivity index (χ3n) is 4.93. The van der Waals surface area contributed by atoms with Crippen LogP contribution in [-0.4, -0.2) is 34.5 Å². The summed E-state index contributed by atoms with van der Waals surface area (Å²) in [5.41, 5.74) is 3.01. The van der Waals surface area contributed by atoms with E-state index in [2.05, 4.69) is 9.97 Å². The third kappa shape index (κ3) is 4.37. The molecule has 0 radical (unpaired) electrons. The fourth-order valence-electron chi connectivity index (χ4n) is 3.29. The van der Waals surface area contributed by atoms with E-state index in [0.717, 1.165) is 11.1 Å². The van der Waals surface area contributed by atoms with E-state index >= 15 is 0 Å². The van der Waals surface area contributed by atoms with Crippen LogP contribution in [0.2, 0.25) is 0 Å². The number of ether oxygens (including phenoxy) is 2. The lowest BCUT2D eigenvalue weighted by Crippen LogP contribution is -2.14. The predicted molar refractivity (Wildman–Crippen MR) is 123 cm³/mol. The highest BCUT2D eigenvalue weighted by atomic mass is 16.5. The van der Waals surface area contributed by atoms with E-state index in [1.165, 1.54) is 10.6 Å². The van der Waals surface area contributed by atoms with Gasteiger partial charge in [-0.3, -0.25) is 14.3 Å². The number of aromatic nitrogens is 3. The number of imidazole rings is 1. The molecule has 7 nitrogen and oxygen atoms in total. The molecule has 0 fully saturated rings. The maximum absolute atomic E-state index is 12.7. The summed E-state index contributed by atoms with van der Waals surface area (Å²) in [5.74, 6) is 1.02. The molecule has 0 saturated heterocycles. The number of allylic oxidation sites excluding steroid dienone is 1. The molecule has 2 heterocycles. The number of carbonyl (C=O) groups is 1. The largest absolute Gasteiger partial charge is 0.493 e. The highest BCUT2D eigenvalue weighted by Crippen LogP contribution is 2.28. The number of nitrogens with one attached hydrogen (secondary N) is 1. The molecule has 0 saturated carbocycles. The van der Waals surface area contributed by atoms with Crippen molar-refractivity contribution in [3.8, 4) is 28.4 Å². The summed E-state index contributed by atoms with van der Waals surface area (Å²) in [6, 6.07) is 16.0. The number of carbonyl (C=O) groups excluding carboxylic acids is 1. The maximum atomic E-state index is 12.7.